The third-order valence-corrected chi connectivity index (χ3v) is 2.63. The highest BCUT2D eigenvalue weighted by Crippen LogP contribution is 2.27. The van der Waals surface area contributed by atoms with E-state index in [1.807, 2.05) is 13.2 Å². The number of aromatic nitrogens is 2. The van der Waals surface area contributed by atoms with E-state index in [1.54, 1.807) is 10.9 Å². The number of hydrogen-bond donors (Lipinski definition) is 1. The Bertz CT molecular complexity index is 582. The summed E-state index contributed by atoms with van der Waals surface area (Å²) in [6.45, 7) is 0.453. The van der Waals surface area contributed by atoms with Crippen molar-refractivity contribution in [1.82, 2.24) is 9.78 Å². The van der Waals surface area contributed by atoms with Crippen molar-refractivity contribution in [1.29, 1.82) is 0 Å². The molecule has 0 aliphatic rings. The number of rotatable bonds is 4. The standard InChI is InChI=1S/C11H11ClN4O2/c1-15-7-8(6-14-15)5-13-10-4-9(12)2-3-11(10)16(17)18/h2-4,6-7,13H,5H2,1H3. The van der Waals surface area contributed by atoms with Gasteiger partial charge in [0.15, 0.2) is 0 Å². The predicted molar refractivity (Wildman–Crippen MR) is 68.6 cm³/mol. The van der Waals surface area contributed by atoms with Crippen LogP contribution in [0, 0.1) is 10.1 Å². The number of halogens is 1. The van der Waals surface area contributed by atoms with Gasteiger partial charge in [-0.3, -0.25) is 14.8 Å². The van der Waals surface area contributed by atoms with Crippen LogP contribution in [0.1, 0.15) is 5.56 Å². The Morgan fingerprint density at radius 2 is 2.33 bits per heavy atom. The molecule has 1 heterocycles. The van der Waals surface area contributed by atoms with Crippen molar-refractivity contribution in [2.24, 2.45) is 7.05 Å². The van der Waals surface area contributed by atoms with Gasteiger partial charge in [-0.15, -0.1) is 0 Å². The van der Waals surface area contributed by atoms with Gasteiger partial charge in [-0.1, -0.05) is 11.6 Å². The molecule has 1 N–H and O–H groups in total. The first-order chi connectivity index (χ1) is 8.56. The SMILES string of the molecule is Cn1cc(CNc2cc(Cl)ccc2[N+](=O)[O-])cn1. The highest BCUT2D eigenvalue weighted by atomic mass is 35.5. The molecule has 94 valence electrons. The molecule has 0 aliphatic heterocycles. The maximum Gasteiger partial charge on any atom is 0.292 e. The van der Waals surface area contributed by atoms with Crippen molar-refractivity contribution in [3.05, 3.63) is 51.3 Å². The van der Waals surface area contributed by atoms with Crippen LogP contribution in [-0.2, 0) is 13.6 Å². The molecule has 0 spiro atoms. The van der Waals surface area contributed by atoms with E-state index < -0.39 is 4.92 Å². The lowest BCUT2D eigenvalue weighted by Crippen LogP contribution is -2.02. The van der Waals surface area contributed by atoms with Gasteiger partial charge in [0.2, 0.25) is 0 Å². The number of nitro benzene ring substituents is 1. The fourth-order valence-corrected chi connectivity index (χ4v) is 1.74. The summed E-state index contributed by atoms with van der Waals surface area (Å²) >= 11 is 5.83. The molecule has 0 amide bonds. The monoisotopic (exact) mass is 266 g/mol. The van der Waals surface area contributed by atoms with Crippen molar-refractivity contribution < 1.29 is 4.92 Å². The summed E-state index contributed by atoms with van der Waals surface area (Å²) in [5.41, 5.74) is 1.34. The van der Waals surface area contributed by atoms with Crippen LogP contribution in [0.25, 0.3) is 0 Å². The molecule has 2 aromatic rings. The van der Waals surface area contributed by atoms with E-state index in [4.69, 9.17) is 11.6 Å². The molecule has 18 heavy (non-hydrogen) atoms. The molecule has 0 saturated heterocycles. The molecule has 0 saturated carbocycles. The number of nitro groups is 1. The van der Waals surface area contributed by atoms with Crippen molar-refractivity contribution >= 4 is 23.0 Å². The molecule has 7 heteroatoms. The zero-order valence-corrected chi connectivity index (χ0v) is 10.4. The number of aryl methyl sites for hydroxylation is 1. The number of nitrogens with one attached hydrogen (secondary N) is 1. The lowest BCUT2D eigenvalue weighted by atomic mass is 10.2. The van der Waals surface area contributed by atoms with Crippen molar-refractivity contribution in [3.63, 3.8) is 0 Å². The molecule has 6 nitrogen and oxygen atoms in total. The molecule has 0 aliphatic carbocycles. The Hall–Kier alpha value is -2.08. The molecular formula is C11H11ClN4O2. The Balaban J connectivity index is 2.17. The van der Waals surface area contributed by atoms with E-state index >= 15 is 0 Å². The minimum atomic E-state index is -0.443. The van der Waals surface area contributed by atoms with Gasteiger partial charge < -0.3 is 5.32 Å². The maximum absolute atomic E-state index is 10.9. The van der Waals surface area contributed by atoms with E-state index in [2.05, 4.69) is 10.4 Å². The smallest absolute Gasteiger partial charge is 0.292 e. The van der Waals surface area contributed by atoms with Crippen LogP contribution in [0.4, 0.5) is 11.4 Å². The minimum Gasteiger partial charge on any atom is -0.375 e. The van der Waals surface area contributed by atoms with E-state index in [-0.39, 0.29) is 5.69 Å². The topological polar surface area (TPSA) is 73.0 Å². The second-order valence-corrected chi connectivity index (χ2v) is 4.23. The molecule has 2 rings (SSSR count). The van der Waals surface area contributed by atoms with Gasteiger partial charge in [0, 0.05) is 36.4 Å². The number of anilines is 1. The first-order valence-corrected chi connectivity index (χ1v) is 5.59. The van der Waals surface area contributed by atoms with Crippen LogP contribution in [0.3, 0.4) is 0 Å². The summed E-state index contributed by atoms with van der Waals surface area (Å²) < 4.78 is 1.67. The highest BCUT2D eigenvalue weighted by molar-refractivity contribution is 6.31. The fraction of sp³-hybridized carbons (Fsp3) is 0.182. The summed E-state index contributed by atoms with van der Waals surface area (Å²) in [5.74, 6) is 0. The predicted octanol–water partition coefficient (Wildman–Crippen LogP) is 2.59. The van der Waals surface area contributed by atoms with Gasteiger partial charge in [-0.2, -0.15) is 5.10 Å². The van der Waals surface area contributed by atoms with Crippen LogP contribution in [0.15, 0.2) is 30.6 Å². The second kappa shape index (κ2) is 5.05. The van der Waals surface area contributed by atoms with Crippen molar-refractivity contribution in [2.45, 2.75) is 6.54 Å². The molecular weight excluding hydrogens is 256 g/mol. The van der Waals surface area contributed by atoms with Crippen molar-refractivity contribution in [2.75, 3.05) is 5.32 Å². The zero-order chi connectivity index (χ0) is 13.1. The average molecular weight is 267 g/mol. The molecule has 0 bridgehead atoms. The lowest BCUT2D eigenvalue weighted by molar-refractivity contribution is -0.384. The Morgan fingerprint density at radius 3 is 2.94 bits per heavy atom. The summed E-state index contributed by atoms with van der Waals surface area (Å²) in [5, 5.41) is 18.3. The van der Waals surface area contributed by atoms with Gasteiger partial charge in [-0.25, -0.2) is 0 Å². The normalized spacial score (nSPS) is 10.3. The molecule has 1 aromatic heterocycles. The minimum absolute atomic E-state index is 0.00305. The van der Waals surface area contributed by atoms with Crippen LogP contribution < -0.4 is 5.32 Å². The van der Waals surface area contributed by atoms with E-state index in [1.165, 1.54) is 18.2 Å². The maximum atomic E-state index is 10.9. The molecule has 0 atom stereocenters. The Morgan fingerprint density at radius 1 is 1.56 bits per heavy atom. The van der Waals surface area contributed by atoms with Crippen molar-refractivity contribution in [3.8, 4) is 0 Å². The summed E-state index contributed by atoms with van der Waals surface area (Å²) in [7, 11) is 1.81. The van der Waals surface area contributed by atoms with Crippen LogP contribution in [0.2, 0.25) is 5.02 Å². The van der Waals surface area contributed by atoms with Gasteiger partial charge >= 0.3 is 0 Å². The van der Waals surface area contributed by atoms with Gasteiger partial charge in [0.05, 0.1) is 11.1 Å². The number of benzene rings is 1. The van der Waals surface area contributed by atoms with Gasteiger partial charge in [-0.05, 0) is 12.1 Å². The fourth-order valence-electron chi connectivity index (χ4n) is 1.57. The Labute approximate surface area is 108 Å². The third-order valence-electron chi connectivity index (χ3n) is 2.40. The molecule has 0 unspecified atom stereocenters. The molecule has 0 fully saturated rings. The largest absolute Gasteiger partial charge is 0.375 e. The van der Waals surface area contributed by atoms with E-state index in [0.29, 0.717) is 17.3 Å². The first kappa shape index (κ1) is 12.4. The van der Waals surface area contributed by atoms with Gasteiger partial charge in [0.1, 0.15) is 5.69 Å². The summed E-state index contributed by atoms with van der Waals surface area (Å²) in [6, 6.07) is 4.42. The Kier molecular flexibility index (Phi) is 3.47. The highest BCUT2D eigenvalue weighted by Gasteiger charge is 2.13. The van der Waals surface area contributed by atoms with Gasteiger partial charge in [0.25, 0.3) is 5.69 Å². The quantitative estimate of drug-likeness (QED) is 0.682. The van der Waals surface area contributed by atoms with Crippen LogP contribution in [0.5, 0.6) is 0 Å². The van der Waals surface area contributed by atoms with E-state index in [9.17, 15) is 10.1 Å². The summed E-state index contributed by atoms with van der Waals surface area (Å²) in [4.78, 5) is 10.4. The number of hydrogen-bond acceptors (Lipinski definition) is 4. The zero-order valence-electron chi connectivity index (χ0n) is 9.63. The molecule has 0 radical (unpaired) electrons. The summed E-state index contributed by atoms with van der Waals surface area (Å²) in [6.07, 6.45) is 3.53. The molecule has 1 aromatic carbocycles. The van der Waals surface area contributed by atoms with E-state index in [0.717, 1.165) is 5.56 Å². The van der Waals surface area contributed by atoms with Crippen LogP contribution >= 0.6 is 11.6 Å². The number of nitrogens with zero attached hydrogens (tertiary/aromatic N) is 3. The third kappa shape index (κ3) is 2.78. The lowest BCUT2D eigenvalue weighted by Gasteiger charge is -2.06. The average Bonchev–Trinajstić information content (AvgIpc) is 2.72. The van der Waals surface area contributed by atoms with Crippen LogP contribution in [-0.4, -0.2) is 14.7 Å². The second-order valence-electron chi connectivity index (χ2n) is 3.79. The first-order valence-electron chi connectivity index (χ1n) is 5.21.